The zero-order valence-corrected chi connectivity index (χ0v) is 18.1. The Morgan fingerprint density at radius 3 is 2.76 bits per heavy atom. The third-order valence-corrected chi connectivity index (χ3v) is 6.63. The largest absolute Gasteiger partial charge is 0.376 e. The summed E-state index contributed by atoms with van der Waals surface area (Å²) >= 11 is 6.30. The van der Waals surface area contributed by atoms with Gasteiger partial charge in [0.05, 0.1) is 24.5 Å². The zero-order chi connectivity index (χ0) is 21.0. The molecular weight excluding hydrogens is 415 g/mol. The molecule has 1 saturated heterocycles. The van der Waals surface area contributed by atoms with Gasteiger partial charge in [-0.05, 0) is 31.5 Å². The number of hydrogen-bond acceptors (Lipinski definition) is 4. The lowest BCUT2D eigenvalue weighted by Gasteiger charge is -2.38. The minimum atomic E-state index is -3.61. The Labute approximate surface area is 176 Å². The second kappa shape index (κ2) is 9.53. The van der Waals surface area contributed by atoms with E-state index in [-0.39, 0.29) is 23.4 Å². The van der Waals surface area contributed by atoms with Gasteiger partial charge in [0.25, 0.3) is 0 Å². The van der Waals surface area contributed by atoms with Crippen LogP contribution in [0.1, 0.15) is 29.7 Å². The molecule has 1 aliphatic heterocycles. The van der Waals surface area contributed by atoms with E-state index >= 15 is 0 Å². The molecule has 0 aromatic heterocycles. The summed E-state index contributed by atoms with van der Waals surface area (Å²) in [6, 6.07) is 11.4. The lowest BCUT2D eigenvalue weighted by molar-refractivity contribution is -0.0342. The summed E-state index contributed by atoms with van der Waals surface area (Å²) in [6.45, 7) is 5.52. The smallest absolute Gasteiger partial charge is 0.215 e. The lowest BCUT2D eigenvalue weighted by Crippen LogP contribution is -2.47. The highest BCUT2D eigenvalue weighted by Crippen LogP contribution is 2.31. The molecule has 1 N–H and O–H groups in total. The van der Waals surface area contributed by atoms with Crippen molar-refractivity contribution in [1.29, 1.82) is 0 Å². The summed E-state index contributed by atoms with van der Waals surface area (Å²) in [4.78, 5) is 2.02. The zero-order valence-electron chi connectivity index (χ0n) is 16.6. The van der Waals surface area contributed by atoms with Crippen LogP contribution < -0.4 is 4.72 Å². The first-order valence-electron chi connectivity index (χ1n) is 9.57. The van der Waals surface area contributed by atoms with Crippen LogP contribution in [0.5, 0.6) is 0 Å². The second-order valence-electron chi connectivity index (χ2n) is 7.42. The molecule has 0 amide bonds. The molecule has 8 heteroatoms. The number of halogens is 2. The number of aryl methyl sites for hydroxylation is 1. The molecule has 1 aliphatic rings. The fourth-order valence-electron chi connectivity index (χ4n) is 3.65. The van der Waals surface area contributed by atoms with E-state index in [1.807, 2.05) is 36.9 Å². The topological polar surface area (TPSA) is 58.6 Å². The summed E-state index contributed by atoms with van der Waals surface area (Å²) in [6.07, 6.45) is -0.0271. The summed E-state index contributed by atoms with van der Waals surface area (Å²) < 4.78 is 48.2. The SMILES string of the molecule is Cc1cccc(CS(=O)(=O)NCC(c2c(F)cccc2Cl)N2CCOC(C)C2)c1. The first-order valence-corrected chi connectivity index (χ1v) is 11.6. The molecule has 2 atom stereocenters. The van der Waals surface area contributed by atoms with Crippen molar-refractivity contribution in [3.05, 3.63) is 70.0 Å². The van der Waals surface area contributed by atoms with Crippen LogP contribution in [-0.4, -0.2) is 45.7 Å². The van der Waals surface area contributed by atoms with Gasteiger partial charge >= 0.3 is 0 Å². The van der Waals surface area contributed by atoms with Crippen molar-refractivity contribution in [2.24, 2.45) is 0 Å². The van der Waals surface area contributed by atoms with Crippen LogP contribution in [0.25, 0.3) is 0 Å². The van der Waals surface area contributed by atoms with Gasteiger partial charge in [-0.2, -0.15) is 0 Å². The molecule has 2 aromatic rings. The molecule has 0 radical (unpaired) electrons. The predicted octanol–water partition coefficient (Wildman–Crippen LogP) is 3.67. The molecule has 0 bridgehead atoms. The average molecular weight is 441 g/mol. The molecule has 158 valence electrons. The van der Waals surface area contributed by atoms with Crippen molar-refractivity contribution < 1.29 is 17.5 Å². The minimum absolute atomic E-state index is 0.0271. The third kappa shape index (κ3) is 5.99. The van der Waals surface area contributed by atoms with Crippen LogP contribution in [0.15, 0.2) is 42.5 Å². The van der Waals surface area contributed by atoms with Crippen molar-refractivity contribution in [3.63, 3.8) is 0 Å². The minimum Gasteiger partial charge on any atom is -0.376 e. The summed E-state index contributed by atoms with van der Waals surface area (Å²) in [5.74, 6) is -0.578. The molecular formula is C21H26ClFN2O3S. The van der Waals surface area contributed by atoms with Gasteiger partial charge in [0.1, 0.15) is 5.82 Å². The number of hydrogen-bond donors (Lipinski definition) is 1. The van der Waals surface area contributed by atoms with Crippen LogP contribution in [0.4, 0.5) is 4.39 Å². The highest BCUT2D eigenvalue weighted by molar-refractivity contribution is 7.88. The number of morpholine rings is 1. The van der Waals surface area contributed by atoms with Crippen LogP contribution in [0, 0.1) is 12.7 Å². The molecule has 0 saturated carbocycles. The molecule has 2 aromatic carbocycles. The van der Waals surface area contributed by atoms with Gasteiger partial charge in [-0.3, -0.25) is 4.90 Å². The molecule has 0 aliphatic carbocycles. The summed E-state index contributed by atoms with van der Waals surface area (Å²) in [7, 11) is -3.61. The average Bonchev–Trinajstić information content (AvgIpc) is 2.63. The third-order valence-electron chi connectivity index (χ3n) is 4.98. The molecule has 3 rings (SSSR count). The van der Waals surface area contributed by atoms with Crippen molar-refractivity contribution in [2.45, 2.75) is 31.7 Å². The summed E-state index contributed by atoms with van der Waals surface area (Å²) in [5, 5.41) is 0.284. The Bertz CT molecular complexity index is 934. The Hall–Kier alpha value is -1.51. The number of benzene rings is 2. The molecule has 2 unspecified atom stereocenters. The molecule has 0 spiro atoms. The van der Waals surface area contributed by atoms with Gasteiger partial charge < -0.3 is 4.74 Å². The highest BCUT2D eigenvalue weighted by atomic mass is 35.5. The van der Waals surface area contributed by atoms with E-state index in [1.54, 1.807) is 18.2 Å². The standard InChI is InChI=1S/C21H26ClFN2O3S/c1-15-5-3-6-17(11-15)14-29(26,27)24-12-20(25-9-10-28-16(2)13-25)21-18(22)7-4-8-19(21)23/h3-8,11,16,20,24H,9-10,12-14H2,1-2H3. The molecule has 29 heavy (non-hydrogen) atoms. The van der Waals surface area contributed by atoms with Gasteiger partial charge in [-0.1, -0.05) is 47.5 Å². The number of rotatable bonds is 7. The Kier molecular flexibility index (Phi) is 7.29. The van der Waals surface area contributed by atoms with E-state index in [0.29, 0.717) is 30.8 Å². The number of nitrogens with zero attached hydrogens (tertiary/aromatic N) is 1. The van der Waals surface area contributed by atoms with Gasteiger partial charge in [-0.25, -0.2) is 17.5 Å². The van der Waals surface area contributed by atoms with Crippen molar-refractivity contribution in [3.8, 4) is 0 Å². The molecule has 5 nitrogen and oxygen atoms in total. The Morgan fingerprint density at radius 2 is 2.07 bits per heavy atom. The first-order chi connectivity index (χ1) is 13.7. The maximum atomic E-state index is 14.6. The Morgan fingerprint density at radius 1 is 1.31 bits per heavy atom. The number of ether oxygens (including phenoxy) is 1. The van der Waals surface area contributed by atoms with Crippen molar-refractivity contribution >= 4 is 21.6 Å². The fourth-order valence-corrected chi connectivity index (χ4v) is 5.07. The predicted molar refractivity (Wildman–Crippen MR) is 113 cm³/mol. The quantitative estimate of drug-likeness (QED) is 0.713. The highest BCUT2D eigenvalue weighted by Gasteiger charge is 2.30. The molecule has 1 fully saturated rings. The van der Waals surface area contributed by atoms with Gasteiger partial charge in [0.15, 0.2) is 0 Å². The van der Waals surface area contributed by atoms with Gasteiger partial charge in [0.2, 0.25) is 10.0 Å². The second-order valence-corrected chi connectivity index (χ2v) is 9.64. The van der Waals surface area contributed by atoms with E-state index in [0.717, 1.165) is 5.56 Å². The van der Waals surface area contributed by atoms with Crippen LogP contribution >= 0.6 is 11.6 Å². The monoisotopic (exact) mass is 440 g/mol. The van der Waals surface area contributed by atoms with Gasteiger partial charge in [-0.15, -0.1) is 0 Å². The maximum absolute atomic E-state index is 14.6. The fraction of sp³-hybridized carbons (Fsp3) is 0.429. The van der Waals surface area contributed by atoms with Crippen molar-refractivity contribution in [2.75, 3.05) is 26.2 Å². The summed E-state index contributed by atoms with van der Waals surface area (Å²) in [5.41, 5.74) is 2.01. The van der Waals surface area contributed by atoms with Crippen LogP contribution in [0.3, 0.4) is 0 Å². The van der Waals surface area contributed by atoms with Crippen LogP contribution in [-0.2, 0) is 20.5 Å². The maximum Gasteiger partial charge on any atom is 0.215 e. The van der Waals surface area contributed by atoms with Gasteiger partial charge in [0, 0.05) is 30.2 Å². The first kappa shape index (κ1) is 22.2. The number of sulfonamides is 1. The normalized spacial score (nSPS) is 19.2. The van der Waals surface area contributed by atoms with E-state index in [4.69, 9.17) is 16.3 Å². The van der Waals surface area contributed by atoms with Crippen molar-refractivity contribution in [1.82, 2.24) is 9.62 Å². The van der Waals surface area contributed by atoms with E-state index in [2.05, 4.69) is 4.72 Å². The lowest BCUT2D eigenvalue weighted by atomic mass is 10.0. The van der Waals surface area contributed by atoms with E-state index in [1.165, 1.54) is 6.07 Å². The molecule has 1 heterocycles. The number of nitrogens with one attached hydrogen (secondary N) is 1. The van der Waals surface area contributed by atoms with E-state index < -0.39 is 21.9 Å². The van der Waals surface area contributed by atoms with Crippen LogP contribution in [0.2, 0.25) is 5.02 Å². The van der Waals surface area contributed by atoms with E-state index in [9.17, 15) is 12.8 Å². The Balaban J connectivity index is 1.81.